The van der Waals surface area contributed by atoms with Crippen LogP contribution in [0.5, 0.6) is 0 Å². The van der Waals surface area contributed by atoms with E-state index in [0.717, 1.165) is 17.0 Å². The van der Waals surface area contributed by atoms with Crippen LogP contribution in [0.1, 0.15) is 11.1 Å². The second-order valence-electron chi connectivity index (χ2n) is 3.70. The molecule has 2 nitrogen and oxygen atoms in total. The molecule has 0 saturated carbocycles. The van der Waals surface area contributed by atoms with Crippen molar-refractivity contribution >= 4 is 0 Å². The van der Waals surface area contributed by atoms with Crippen LogP contribution in [0, 0.1) is 17.1 Å². The largest absolute Gasteiger partial charge is 0.401 e. The van der Waals surface area contributed by atoms with Gasteiger partial charge in [-0.3, -0.25) is 4.90 Å². The number of nitriles is 1. The number of hydrogen-bond acceptors (Lipinski definition) is 2. The topological polar surface area (TPSA) is 27.0 Å². The summed E-state index contributed by atoms with van der Waals surface area (Å²) >= 11 is 0. The van der Waals surface area contributed by atoms with E-state index in [9.17, 15) is 17.6 Å². The van der Waals surface area contributed by atoms with Gasteiger partial charge in [0.15, 0.2) is 0 Å². The summed E-state index contributed by atoms with van der Waals surface area (Å²) in [4.78, 5) is 0.982. The molecule has 92 valence electrons. The van der Waals surface area contributed by atoms with E-state index >= 15 is 0 Å². The van der Waals surface area contributed by atoms with Gasteiger partial charge in [-0.2, -0.15) is 18.4 Å². The number of hydrogen-bond donors (Lipinski definition) is 0. The molecule has 0 bridgehead atoms. The van der Waals surface area contributed by atoms with Crippen LogP contribution in [-0.2, 0) is 6.54 Å². The van der Waals surface area contributed by atoms with E-state index in [4.69, 9.17) is 5.26 Å². The standard InChI is InChI=1S/C11H10F4N2/c1-17(7-11(13,14)15)6-9-4-10(12)3-2-8(9)5-16/h2-4H,6-7H2,1H3. The molecule has 0 saturated heterocycles. The molecule has 0 aliphatic carbocycles. The highest BCUT2D eigenvalue weighted by Gasteiger charge is 2.29. The Kier molecular flexibility index (Phi) is 4.07. The molecule has 0 radical (unpaired) electrons. The fourth-order valence-electron chi connectivity index (χ4n) is 1.45. The normalized spacial score (nSPS) is 11.6. The van der Waals surface area contributed by atoms with E-state index in [1.54, 1.807) is 0 Å². The summed E-state index contributed by atoms with van der Waals surface area (Å²) < 4.78 is 49.2. The molecule has 6 heteroatoms. The molecule has 17 heavy (non-hydrogen) atoms. The number of rotatable bonds is 3. The fraction of sp³-hybridized carbons (Fsp3) is 0.364. The Balaban J connectivity index is 2.81. The maximum Gasteiger partial charge on any atom is 0.401 e. The molecular formula is C11H10F4N2. The zero-order valence-corrected chi connectivity index (χ0v) is 9.05. The Morgan fingerprint density at radius 2 is 2.00 bits per heavy atom. The van der Waals surface area contributed by atoms with Crippen molar-refractivity contribution in [2.75, 3.05) is 13.6 Å². The monoisotopic (exact) mass is 246 g/mol. The molecule has 0 aromatic heterocycles. The Labute approximate surface area is 96.1 Å². The van der Waals surface area contributed by atoms with Crippen molar-refractivity contribution in [2.24, 2.45) is 0 Å². The van der Waals surface area contributed by atoms with Crippen LogP contribution in [0.4, 0.5) is 17.6 Å². The maximum atomic E-state index is 12.9. The van der Waals surface area contributed by atoms with E-state index in [1.165, 1.54) is 13.1 Å². The molecule has 1 aromatic rings. The molecule has 1 rings (SSSR count). The van der Waals surface area contributed by atoms with Gasteiger partial charge in [-0.25, -0.2) is 4.39 Å². The minimum Gasteiger partial charge on any atom is -0.294 e. The Morgan fingerprint density at radius 3 is 2.53 bits per heavy atom. The third kappa shape index (κ3) is 4.41. The molecule has 1 aromatic carbocycles. The van der Waals surface area contributed by atoms with Crippen molar-refractivity contribution in [3.63, 3.8) is 0 Å². The van der Waals surface area contributed by atoms with Gasteiger partial charge in [0.05, 0.1) is 18.2 Å². The minimum absolute atomic E-state index is 0.125. The van der Waals surface area contributed by atoms with Gasteiger partial charge in [0, 0.05) is 6.54 Å². The lowest BCUT2D eigenvalue weighted by Crippen LogP contribution is -2.30. The molecule has 0 atom stereocenters. The van der Waals surface area contributed by atoms with Crippen LogP contribution in [0.25, 0.3) is 0 Å². The van der Waals surface area contributed by atoms with Crippen molar-refractivity contribution < 1.29 is 17.6 Å². The van der Waals surface area contributed by atoms with Crippen LogP contribution in [0.15, 0.2) is 18.2 Å². The highest BCUT2D eigenvalue weighted by atomic mass is 19.4. The fourth-order valence-corrected chi connectivity index (χ4v) is 1.45. The SMILES string of the molecule is CN(Cc1cc(F)ccc1C#N)CC(F)(F)F. The first-order valence-electron chi connectivity index (χ1n) is 4.75. The smallest absolute Gasteiger partial charge is 0.294 e. The molecule has 0 aliphatic heterocycles. The minimum atomic E-state index is -4.31. The lowest BCUT2D eigenvalue weighted by molar-refractivity contribution is -0.144. The molecule has 0 unspecified atom stereocenters. The van der Waals surface area contributed by atoms with E-state index in [-0.39, 0.29) is 17.7 Å². The summed E-state index contributed by atoms with van der Waals surface area (Å²) in [6, 6.07) is 5.25. The van der Waals surface area contributed by atoms with Crippen molar-refractivity contribution in [3.05, 3.63) is 35.1 Å². The summed E-state index contributed by atoms with van der Waals surface area (Å²) in [5, 5.41) is 8.74. The molecule has 0 fully saturated rings. The van der Waals surface area contributed by atoms with Crippen LogP contribution in [0.3, 0.4) is 0 Å². The van der Waals surface area contributed by atoms with Crippen LogP contribution in [0.2, 0.25) is 0 Å². The highest BCUT2D eigenvalue weighted by Crippen LogP contribution is 2.18. The Hall–Kier alpha value is -1.61. The molecule has 0 N–H and O–H groups in total. The predicted molar refractivity (Wildman–Crippen MR) is 53.5 cm³/mol. The molecule has 0 aliphatic rings. The number of nitrogens with zero attached hydrogens (tertiary/aromatic N) is 2. The van der Waals surface area contributed by atoms with E-state index in [1.807, 2.05) is 6.07 Å². The van der Waals surface area contributed by atoms with Crippen LogP contribution < -0.4 is 0 Å². The van der Waals surface area contributed by atoms with Crippen LogP contribution >= 0.6 is 0 Å². The Bertz CT molecular complexity index is 434. The van der Waals surface area contributed by atoms with Gasteiger partial charge in [0.1, 0.15) is 5.82 Å². The summed E-state index contributed by atoms with van der Waals surface area (Å²) in [7, 11) is 1.26. The lowest BCUT2D eigenvalue weighted by atomic mass is 10.1. The summed E-state index contributed by atoms with van der Waals surface area (Å²) in [5.41, 5.74) is 0.430. The van der Waals surface area contributed by atoms with Gasteiger partial charge in [0.2, 0.25) is 0 Å². The first-order chi connectivity index (χ1) is 7.81. The van der Waals surface area contributed by atoms with E-state index in [2.05, 4.69) is 0 Å². The quantitative estimate of drug-likeness (QED) is 0.767. The zero-order chi connectivity index (χ0) is 13.1. The van der Waals surface area contributed by atoms with Gasteiger partial charge in [-0.1, -0.05) is 0 Å². The molecule has 0 spiro atoms. The third-order valence-corrected chi connectivity index (χ3v) is 2.08. The van der Waals surface area contributed by atoms with Crippen molar-refractivity contribution in [2.45, 2.75) is 12.7 Å². The summed E-state index contributed by atoms with van der Waals surface area (Å²) in [5.74, 6) is -0.570. The van der Waals surface area contributed by atoms with Gasteiger partial charge in [0.25, 0.3) is 0 Å². The van der Waals surface area contributed by atoms with Crippen molar-refractivity contribution in [3.8, 4) is 6.07 Å². The maximum absolute atomic E-state index is 12.9. The summed E-state index contributed by atoms with van der Waals surface area (Å²) in [6.45, 7) is -1.23. The Morgan fingerprint density at radius 1 is 1.35 bits per heavy atom. The lowest BCUT2D eigenvalue weighted by Gasteiger charge is -2.19. The first kappa shape index (κ1) is 13.5. The molecular weight excluding hydrogens is 236 g/mol. The van der Waals surface area contributed by atoms with Gasteiger partial charge >= 0.3 is 6.18 Å². The average molecular weight is 246 g/mol. The predicted octanol–water partition coefficient (Wildman–Crippen LogP) is 2.69. The summed E-state index contributed by atoms with van der Waals surface area (Å²) in [6.07, 6.45) is -4.31. The second kappa shape index (κ2) is 5.15. The van der Waals surface area contributed by atoms with Gasteiger partial charge in [-0.15, -0.1) is 0 Å². The molecule has 0 heterocycles. The zero-order valence-electron chi connectivity index (χ0n) is 9.05. The number of alkyl halides is 3. The van der Waals surface area contributed by atoms with E-state index < -0.39 is 18.5 Å². The van der Waals surface area contributed by atoms with Crippen LogP contribution in [-0.4, -0.2) is 24.7 Å². The number of halogens is 4. The van der Waals surface area contributed by atoms with Crippen molar-refractivity contribution in [1.29, 1.82) is 5.26 Å². The van der Waals surface area contributed by atoms with Crippen molar-refractivity contribution in [1.82, 2.24) is 4.90 Å². The first-order valence-corrected chi connectivity index (χ1v) is 4.75. The van der Waals surface area contributed by atoms with Gasteiger partial charge < -0.3 is 0 Å². The van der Waals surface area contributed by atoms with Gasteiger partial charge in [-0.05, 0) is 30.8 Å². The average Bonchev–Trinajstić information content (AvgIpc) is 2.14. The number of benzene rings is 1. The highest BCUT2D eigenvalue weighted by molar-refractivity contribution is 5.37. The third-order valence-electron chi connectivity index (χ3n) is 2.08. The second-order valence-corrected chi connectivity index (χ2v) is 3.70. The molecule has 0 amide bonds. The van der Waals surface area contributed by atoms with E-state index in [0.29, 0.717) is 0 Å².